The Labute approximate surface area is 148 Å². The Balaban J connectivity index is 1.97. The predicted molar refractivity (Wildman–Crippen MR) is 95.5 cm³/mol. The first-order chi connectivity index (χ1) is 12.1. The van der Waals surface area contributed by atoms with E-state index < -0.39 is 5.60 Å². The fourth-order valence-electron chi connectivity index (χ4n) is 3.73. The van der Waals surface area contributed by atoms with Crippen LogP contribution < -0.4 is 4.74 Å². The Kier molecular flexibility index (Phi) is 5.09. The molecule has 0 saturated carbocycles. The lowest BCUT2D eigenvalue weighted by molar-refractivity contribution is -0.147. The maximum atomic E-state index is 12.1. The zero-order chi connectivity index (χ0) is 17.9. The van der Waals surface area contributed by atoms with Crippen molar-refractivity contribution in [3.05, 3.63) is 65.2 Å². The third-order valence-electron chi connectivity index (χ3n) is 4.96. The van der Waals surface area contributed by atoms with E-state index in [1.807, 2.05) is 48.5 Å². The Morgan fingerprint density at radius 2 is 2.00 bits per heavy atom. The normalized spacial score (nSPS) is 21.6. The van der Waals surface area contributed by atoms with Crippen LogP contribution in [0.3, 0.4) is 0 Å². The molecule has 2 unspecified atom stereocenters. The zero-order valence-electron chi connectivity index (χ0n) is 14.7. The molecule has 1 aliphatic rings. The van der Waals surface area contributed by atoms with E-state index in [2.05, 4.69) is 0 Å². The SMILES string of the molecule is CCOC(=O)CC1Cc2ccc(OC)cc2C1(O)Cc1ccccc1. The van der Waals surface area contributed by atoms with Crippen LogP contribution in [0.2, 0.25) is 0 Å². The highest BCUT2D eigenvalue weighted by atomic mass is 16.5. The van der Waals surface area contributed by atoms with Gasteiger partial charge in [-0.3, -0.25) is 4.79 Å². The fourth-order valence-corrected chi connectivity index (χ4v) is 3.73. The Hall–Kier alpha value is -2.33. The first-order valence-electron chi connectivity index (χ1n) is 8.66. The number of esters is 1. The molecule has 0 heterocycles. The average molecular weight is 340 g/mol. The van der Waals surface area contributed by atoms with Crippen molar-refractivity contribution < 1.29 is 19.4 Å². The largest absolute Gasteiger partial charge is 0.497 e. The number of rotatable bonds is 6. The summed E-state index contributed by atoms with van der Waals surface area (Å²) in [5.41, 5.74) is 1.84. The summed E-state index contributed by atoms with van der Waals surface area (Å²) in [6, 6.07) is 15.6. The minimum Gasteiger partial charge on any atom is -0.497 e. The van der Waals surface area contributed by atoms with Crippen LogP contribution in [0.5, 0.6) is 5.75 Å². The standard InChI is InChI=1S/C21H24O4/c1-3-25-20(22)12-17-11-16-9-10-18(24-2)13-19(16)21(17,23)14-15-7-5-4-6-8-15/h4-10,13,17,23H,3,11-12,14H2,1-2H3. The number of carbonyl (C=O) groups excluding carboxylic acids is 1. The molecule has 2 atom stereocenters. The number of ether oxygens (including phenoxy) is 2. The molecule has 0 aliphatic heterocycles. The summed E-state index contributed by atoms with van der Waals surface area (Å²) in [5, 5.41) is 11.6. The maximum Gasteiger partial charge on any atom is 0.306 e. The predicted octanol–water partition coefficient (Wildman–Crippen LogP) is 3.25. The number of benzene rings is 2. The molecule has 4 nitrogen and oxygen atoms in total. The number of methoxy groups -OCH3 is 1. The molecule has 1 aliphatic carbocycles. The summed E-state index contributed by atoms with van der Waals surface area (Å²) in [5.74, 6) is 0.231. The summed E-state index contributed by atoms with van der Waals surface area (Å²) < 4.78 is 10.5. The Morgan fingerprint density at radius 1 is 1.24 bits per heavy atom. The van der Waals surface area contributed by atoms with Gasteiger partial charge in [0.15, 0.2) is 0 Å². The monoisotopic (exact) mass is 340 g/mol. The zero-order valence-corrected chi connectivity index (χ0v) is 14.7. The molecule has 2 aromatic carbocycles. The molecular formula is C21H24O4. The van der Waals surface area contributed by atoms with Crippen LogP contribution in [-0.2, 0) is 28.0 Å². The highest BCUT2D eigenvalue weighted by Crippen LogP contribution is 2.46. The van der Waals surface area contributed by atoms with Crippen molar-refractivity contribution in [2.24, 2.45) is 5.92 Å². The first kappa shape index (κ1) is 17.5. The molecule has 0 saturated heterocycles. The molecular weight excluding hydrogens is 316 g/mol. The van der Waals surface area contributed by atoms with E-state index >= 15 is 0 Å². The van der Waals surface area contributed by atoms with Crippen molar-refractivity contribution in [2.45, 2.75) is 31.8 Å². The van der Waals surface area contributed by atoms with Gasteiger partial charge in [-0.05, 0) is 42.2 Å². The molecule has 0 bridgehead atoms. The molecule has 1 N–H and O–H groups in total. The van der Waals surface area contributed by atoms with Gasteiger partial charge in [0, 0.05) is 12.3 Å². The number of hydrogen-bond donors (Lipinski definition) is 1. The second-order valence-corrected chi connectivity index (χ2v) is 6.52. The quantitative estimate of drug-likeness (QED) is 0.820. The topological polar surface area (TPSA) is 55.8 Å². The Bertz CT molecular complexity index is 741. The first-order valence-corrected chi connectivity index (χ1v) is 8.66. The summed E-state index contributed by atoms with van der Waals surface area (Å²) in [7, 11) is 1.61. The summed E-state index contributed by atoms with van der Waals surface area (Å²) >= 11 is 0. The number of carbonyl (C=O) groups is 1. The van der Waals surface area contributed by atoms with Crippen LogP contribution in [0.15, 0.2) is 48.5 Å². The van der Waals surface area contributed by atoms with Crippen molar-refractivity contribution >= 4 is 5.97 Å². The number of hydrogen-bond acceptors (Lipinski definition) is 4. The van der Waals surface area contributed by atoms with E-state index in [-0.39, 0.29) is 18.3 Å². The lowest BCUT2D eigenvalue weighted by Gasteiger charge is -2.31. The summed E-state index contributed by atoms with van der Waals surface area (Å²) in [6.45, 7) is 2.14. The van der Waals surface area contributed by atoms with Crippen LogP contribution in [0.25, 0.3) is 0 Å². The van der Waals surface area contributed by atoms with Gasteiger partial charge in [0.25, 0.3) is 0 Å². The van der Waals surface area contributed by atoms with E-state index in [9.17, 15) is 9.90 Å². The highest BCUT2D eigenvalue weighted by molar-refractivity contribution is 5.70. The number of fused-ring (bicyclic) bond motifs is 1. The van der Waals surface area contributed by atoms with Gasteiger partial charge in [-0.25, -0.2) is 0 Å². The van der Waals surface area contributed by atoms with Crippen LogP contribution in [0.1, 0.15) is 30.0 Å². The van der Waals surface area contributed by atoms with Crippen LogP contribution in [0.4, 0.5) is 0 Å². The van der Waals surface area contributed by atoms with E-state index in [1.165, 1.54) is 0 Å². The van der Waals surface area contributed by atoms with Crippen molar-refractivity contribution in [2.75, 3.05) is 13.7 Å². The third-order valence-corrected chi connectivity index (χ3v) is 4.96. The minimum atomic E-state index is -1.11. The second-order valence-electron chi connectivity index (χ2n) is 6.52. The third kappa shape index (κ3) is 3.54. The van der Waals surface area contributed by atoms with E-state index in [4.69, 9.17) is 9.47 Å². The van der Waals surface area contributed by atoms with Crippen molar-refractivity contribution in [3.8, 4) is 5.75 Å². The van der Waals surface area contributed by atoms with Crippen molar-refractivity contribution in [3.63, 3.8) is 0 Å². The average Bonchev–Trinajstić information content (AvgIpc) is 2.87. The molecule has 25 heavy (non-hydrogen) atoms. The molecule has 4 heteroatoms. The van der Waals surface area contributed by atoms with Gasteiger partial charge in [0.1, 0.15) is 5.75 Å². The lowest BCUT2D eigenvalue weighted by atomic mass is 9.80. The molecule has 0 amide bonds. The maximum absolute atomic E-state index is 12.1. The van der Waals surface area contributed by atoms with Gasteiger partial charge in [-0.2, -0.15) is 0 Å². The minimum absolute atomic E-state index is 0.203. The van der Waals surface area contributed by atoms with E-state index in [1.54, 1.807) is 14.0 Å². The Morgan fingerprint density at radius 3 is 2.68 bits per heavy atom. The fraction of sp³-hybridized carbons (Fsp3) is 0.381. The van der Waals surface area contributed by atoms with Crippen molar-refractivity contribution in [1.29, 1.82) is 0 Å². The highest BCUT2D eigenvalue weighted by Gasteiger charge is 2.46. The molecule has 2 aromatic rings. The van der Waals surface area contributed by atoms with Crippen molar-refractivity contribution in [1.82, 2.24) is 0 Å². The summed E-state index contributed by atoms with van der Waals surface area (Å²) in [4.78, 5) is 12.1. The smallest absolute Gasteiger partial charge is 0.306 e. The molecule has 0 spiro atoms. The van der Waals surface area contributed by atoms with Crippen LogP contribution in [-0.4, -0.2) is 24.8 Å². The second kappa shape index (κ2) is 7.28. The van der Waals surface area contributed by atoms with E-state index in [0.717, 1.165) is 16.7 Å². The number of aliphatic hydroxyl groups is 1. The van der Waals surface area contributed by atoms with Gasteiger partial charge in [0.05, 0.1) is 25.7 Å². The van der Waals surface area contributed by atoms with Crippen LogP contribution in [0, 0.1) is 5.92 Å². The van der Waals surface area contributed by atoms with Gasteiger partial charge in [-0.15, -0.1) is 0 Å². The van der Waals surface area contributed by atoms with E-state index in [0.29, 0.717) is 25.2 Å². The molecule has 0 aromatic heterocycles. The van der Waals surface area contributed by atoms with Gasteiger partial charge in [-0.1, -0.05) is 36.4 Å². The van der Waals surface area contributed by atoms with Crippen LogP contribution >= 0.6 is 0 Å². The molecule has 0 fully saturated rings. The van der Waals surface area contributed by atoms with Gasteiger partial charge in [0.2, 0.25) is 0 Å². The molecule has 0 radical (unpaired) electrons. The molecule has 3 rings (SSSR count). The summed E-state index contributed by atoms with van der Waals surface area (Å²) in [6.07, 6.45) is 1.31. The molecule has 132 valence electrons. The van der Waals surface area contributed by atoms with Gasteiger partial charge >= 0.3 is 5.97 Å². The lowest BCUT2D eigenvalue weighted by Crippen LogP contribution is -2.35. The van der Waals surface area contributed by atoms with Gasteiger partial charge < -0.3 is 14.6 Å².